The Hall–Kier alpha value is -2.99. The number of aromatic nitrogens is 2. The summed E-state index contributed by atoms with van der Waals surface area (Å²) in [5, 5.41) is 17.5. The van der Waals surface area contributed by atoms with Gasteiger partial charge in [-0.05, 0) is 11.6 Å². The van der Waals surface area contributed by atoms with Crippen molar-refractivity contribution >= 4 is 0 Å². The van der Waals surface area contributed by atoms with Crippen LogP contribution in [0, 0.1) is 11.3 Å². The molecule has 0 amide bonds. The maximum Gasteiger partial charge on any atom is 0.0936 e. The van der Waals surface area contributed by atoms with Crippen molar-refractivity contribution in [3.05, 3.63) is 72.4 Å². The molecule has 0 atom stereocenters. The van der Waals surface area contributed by atoms with E-state index >= 15 is 0 Å². The predicted molar refractivity (Wildman–Crippen MR) is 82.2 cm³/mol. The second-order valence-corrected chi connectivity index (χ2v) is 4.66. The lowest BCUT2D eigenvalue weighted by molar-refractivity contribution is 0.961. The van der Waals surface area contributed by atoms with E-state index in [-0.39, 0.29) is 6.42 Å². The average Bonchev–Trinajstić information content (AvgIpc) is 2.57. The first-order valence-electron chi connectivity index (χ1n) is 6.73. The van der Waals surface area contributed by atoms with Crippen LogP contribution in [0.5, 0.6) is 0 Å². The average molecular weight is 271 g/mol. The van der Waals surface area contributed by atoms with Gasteiger partial charge in [-0.3, -0.25) is 0 Å². The molecule has 1 heterocycles. The first-order chi connectivity index (χ1) is 10.4. The molecule has 21 heavy (non-hydrogen) atoms. The second-order valence-electron chi connectivity index (χ2n) is 4.66. The first kappa shape index (κ1) is 13.0. The minimum atomic E-state index is 0.256. The van der Waals surface area contributed by atoms with E-state index in [1.807, 2.05) is 66.7 Å². The zero-order valence-corrected chi connectivity index (χ0v) is 11.4. The number of hydrogen-bond donors (Lipinski definition) is 0. The number of benzene rings is 2. The Balaban J connectivity index is 2.14. The van der Waals surface area contributed by atoms with Crippen molar-refractivity contribution in [1.29, 1.82) is 5.26 Å². The summed E-state index contributed by atoms with van der Waals surface area (Å²) in [6.07, 6.45) is 0.256. The number of nitriles is 1. The molecule has 0 saturated heterocycles. The van der Waals surface area contributed by atoms with Crippen molar-refractivity contribution < 1.29 is 0 Å². The summed E-state index contributed by atoms with van der Waals surface area (Å²) in [4.78, 5) is 0. The summed E-state index contributed by atoms with van der Waals surface area (Å²) in [6.45, 7) is 0. The Morgan fingerprint density at radius 1 is 0.810 bits per heavy atom. The third-order valence-electron chi connectivity index (χ3n) is 3.27. The van der Waals surface area contributed by atoms with E-state index in [4.69, 9.17) is 5.26 Å². The highest BCUT2D eigenvalue weighted by molar-refractivity contribution is 5.71. The number of hydrogen-bond acceptors (Lipinski definition) is 3. The summed E-state index contributed by atoms with van der Waals surface area (Å²) < 4.78 is 0. The van der Waals surface area contributed by atoms with Gasteiger partial charge in [0.1, 0.15) is 0 Å². The Labute approximate surface area is 123 Å². The monoisotopic (exact) mass is 271 g/mol. The molecule has 0 N–H and O–H groups in total. The van der Waals surface area contributed by atoms with Crippen molar-refractivity contribution in [3.8, 4) is 28.5 Å². The van der Waals surface area contributed by atoms with Gasteiger partial charge in [0.2, 0.25) is 0 Å². The van der Waals surface area contributed by atoms with E-state index in [0.717, 1.165) is 22.4 Å². The molecule has 3 rings (SSSR count). The molecule has 3 heteroatoms. The maximum absolute atomic E-state index is 8.96. The van der Waals surface area contributed by atoms with Crippen LogP contribution in [0.4, 0.5) is 0 Å². The van der Waals surface area contributed by atoms with E-state index < -0.39 is 0 Å². The molecular formula is C18H13N3. The molecule has 0 bridgehead atoms. The third kappa shape index (κ3) is 2.80. The minimum Gasteiger partial charge on any atom is -0.198 e. The van der Waals surface area contributed by atoms with Crippen molar-refractivity contribution in [2.45, 2.75) is 6.42 Å². The standard InChI is InChI=1S/C18H13N3/c19-12-11-17-16(14-7-3-1-4-8-14)13-18(21-20-17)15-9-5-2-6-10-15/h1-10,13H,11H2. The van der Waals surface area contributed by atoms with Gasteiger partial charge < -0.3 is 0 Å². The largest absolute Gasteiger partial charge is 0.198 e. The molecule has 0 aliphatic heterocycles. The SMILES string of the molecule is N#CCc1nnc(-c2ccccc2)cc1-c1ccccc1. The smallest absolute Gasteiger partial charge is 0.0936 e. The zero-order chi connectivity index (χ0) is 14.5. The van der Waals surface area contributed by atoms with Gasteiger partial charge in [-0.25, -0.2) is 0 Å². The van der Waals surface area contributed by atoms with Crippen LogP contribution in [0.3, 0.4) is 0 Å². The van der Waals surface area contributed by atoms with Crippen LogP contribution in [0.2, 0.25) is 0 Å². The van der Waals surface area contributed by atoms with Gasteiger partial charge in [-0.15, -0.1) is 0 Å². The van der Waals surface area contributed by atoms with E-state index in [0.29, 0.717) is 5.69 Å². The van der Waals surface area contributed by atoms with Gasteiger partial charge in [0, 0.05) is 11.1 Å². The van der Waals surface area contributed by atoms with Crippen LogP contribution in [0.25, 0.3) is 22.4 Å². The molecule has 0 spiro atoms. The van der Waals surface area contributed by atoms with Gasteiger partial charge in [-0.2, -0.15) is 15.5 Å². The quantitative estimate of drug-likeness (QED) is 0.726. The fraction of sp³-hybridized carbons (Fsp3) is 0.0556. The highest BCUT2D eigenvalue weighted by Gasteiger charge is 2.10. The summed E-state index contributed by atoms with van der Waals surface area (Å²) in [5.41, 5.74) is 4.56. The molecule has 0 aliphatic carbocycles. The topological polar surface area (TPSA) is 49.6 Å². The molecule has 1 aromatic heterocycles. The molecule has 3 nitrogen and oxygen atoms in total. The maximum atomic E-state index is 8.96. The first-order valence-corrected chi connectivity index (χ1v) is 6.73. The van der Waals surface area contributed by atoms with Crippen LogP contribution >= 0.6 is 0 Å². The second kappa shape index (κ2) is 5.98. The molecule has 0 radical (unpaired) electrons. The Kier molecular flexibility index (Phi) is 3.70. The van der Waals surface area contributed by atoms with Crippen LogP contribution in [0.1, 0.15) is 5.69 Å². The lowest BCUT2D eigenvalue weighted by Crippen LogP contribution is -1.98. The van der Waals surface area contributed by atoms with E-state index in [9.17, 15) is 0 Å². The Bertz CT molecular complexity index is 775. The Morgan fingerprint density at radius 3 is 2.05 bits per heavy atom. The van der Waals surface area contributed by atoms with Crippen molar-refractivity contribution in [3.63, 3.8) is 0 Å². The molecule has 0 unspecified atom stereocenters. The lowest BCUT2D eigenvalue weighted by atomic mass is 10.0. The molecular weight excluding hydrogens is 258 g/mol. The van der Waals surface area contributed by atoms with Crippen LogP contribution < -0.4 is 0 Å². The minimum absolute atomic E-state index is 0.256. The van der Waals surface area contributed by atoms with Gasteiger partial charge in [-0.1, -0.05) is 60.7 Å². The summed E-state index contributed by atoms with van der Waals surface area (Å²) in [5.74, 6) is 0. The summed E-state index contributed by atoms with van der Waals surface area (Å²) >= 11 is 0. The van der Waals surface area contributed by atoms with Gasteiger partial charge >= 0.3 is 0 Å². The lowest BCUT2D eigenvalue weighted by Gasteiger charge is -2.08. The zero-order valence-electron chi connectivity index (χ0n) is 11.4. The van der Waals surface area contributed by atoms with Crippen LogP contribution in [0.15, 0.2) is 66.7 Å². The van der Waals surface area contributed by atoms with E-state index in [1.165, 1.54) is 0 Å². The van der Waals surface area contributed by atoms with Crippen LogP contribution in [-0.4, -0.2) is 10.2 Å². The fourth-order valence-corrected chi connectivity index (χ4v) is 2.24. The van der Waals surface area contributed by atoms with Crippen LogP contribution in [-0.2, 0) is 6.42 Å². The molecule has 0 saturated carbocycles. The Morgan fingerprint density at radius 2 is 1.43 bits per heavy atom. The molecule has 0 fully saturated rings. The molecule has 2 aromatic carbocycles. The highest BCUT2D eigenvalue weighted by atomic mass is 15.1. The van der Waals surface area contributed by atoms with E-state index in [2.05, 4.69) is 16.3 Å². The number of rotatable bonds is 3. The number of nitrogens with zero attached hydrogens (tertiary/aromatic N) is 3. The van der Waals surface area contributed by atoms with E-state index in [1.54, 1.807) is 0 Å². The highest BCUT2D eigenvalue weighted by Crippen LogP contribution is 2.26. The third-order valence-corrected chi connectivity index (χ3v) is 3.27. The van der Waals surface area contributed by atoms with Gasteiger partial charge in [0.25, 0.3) is 0 Å². The van der Waals surface area contributed by atoms with Gasteiger partial charge in [0.05, 0.1) is 23.9 Å². The molecule has 0 aliphatic rings. The molecule has 100 valence electrons. The molecule has 3 aromatic rings. The van der Waals surface area contributed by atoms with Crippen molar-refractivity contribution in [2.24, 2.45) is 0 Å². The van der Waals surface area contributed by atoms with Crippen molar-refractivity contribution in [1.82, 2.24) is 10.2 Å². The fourth-order valence-electron chi connectivity index (χ4n) is 2.24. The normalized spacial score (nSPS) is 10.0. The van der Waals surface area contributed by atoms with Gasteiger partial charge in [0.15, 0.2) is 0 Å². The summed E-state index contributed by atoms with van der Waals surface area (Å²) in [6, 6.07) is 24.1. The van der Waals surface area contributed by atoms with Crippen molar-refractivity contribution in [2.75, 3.05) is 0 Å². The summed E-state index contributed by atoms with van der Waals surface area (Å²) in [7, 11) is 0. The predicted octanol–water partition coefficient (Wildman–Crippen LogP) is 3.88.